The van der Waals surface area contributed by atoms with Crippen LogP contribution in [0.3, 0.4) is 0 Å². The molecule has 162 valence electrons. The van der Waals surface area contributed by atoms with E-state index < -0.39 is 19.4 Å². The molecule has 0 spiro atoms. The molecule has 3 N–H and O–H groups in total. The van der Waals surface area contributed by atoms with Crippen molar-refractivity contribution in [3.8, 4) is 5.75 Å². The van der Waals surface area contributed by atoms with Gasteiger partial charge in [0.05, 0.1) is 24.9 Å². The second-order valence-electron chi connectivity index (χ2n) is 7.44. The van der Waals surface area contributed by atoms with E-state index in [4.69, 9.17) is 10.5 Å². The Morgan fingerprint density at radius 3 is 2.03 bits per heavy atom. The Morgan fingerprint density at radius 1 is 0.844 bits per heavy atom. The summed E-state index contributed by atoms with van der Waals surface area (Å²) in [6.45, 7) is 0. The highest BCUT2D eigenvalue weighted by molar-refractivity contribution is 7.76. The van der Waals surface area contributed by atoms with Crippen LogP contribution in [0.25, 0.3) is 0 Å². The number of nitrogens with one attached hydrogen (secondary N) is 1. The highest BCUT2D eigenvalue weighted by Gasteiger charge is 2.34. The fraction of sp³-hybridized carbons (Fsp3) is 0.115. The van der Waals surface area contributed by atoms with E-state index in [9.17, 15) is 4.57 Å². The van der Waals surface area contributed by atoms with Gasteiger partial charge in [0.15, 0.2) is 0 Å². The molecule has 0 saturated carbocycles. The van der Waals surface area contributed by atoms with Crippen molar-refractivity contribution in [2.24, 2.45) is 5.73 Å². The first-order valence-electron chi connectivity index (χ1n) is 10.4. The second-order valence-corrected chi connectivity index (χ2v) is 9.95. The van der Waals surface area contributed by atoms with Crippen LogP contribution in [-0.2, 0) is 4.57 Å². The molecule has 0 aliphatic rings. The topological polar surface area (TPSA) is 77.2 Å². The summed E-state index contributed by atoms with van der Waals surface area (Å²) in [4.78, 5) is 4.46. The predicted molar refractivity (Wildman–Crippen MR) is 130 cm³/mol. The number of pyridine rings is 1. The quantitative estimate of drug-likeness (QED) is 0.396. The van der Waals surface area contributed by atoms with Gasteiger partial charge in [0, 0.05) is 16.8 Å². The molecule has 6 heteroatoms. The number of hydrogen-bond donors (Lipinski definition) is 2. The Kier molecular flexibility index (Phi) is 6.81. The van der Waals surface area contributed by atoms with Crippen molar-refractivity contribution in [1.82, 2.24) is 10.1 Å². The van der Waals surface area contributed by atoms with Gasteiger partial charge in [-0.15, -0.1) is 0 Å². The Labute approximate surface area is 188 Å². The lowest BCUT2D eigenvalue weighted by Gasteiger charge is -2.31. The van der Waals surface area contributed by atoms with Crippen LogP contribution < -0.4 is 26.2 Å². The van der Waals surface area contributed by atoms with Gasteiger partial charge in [-0.3, -0.25) is 14.6 Å². The van der Waals surface area contributed by atoms with Crippen molar-refractivity contribution < 1.29 is 9.30 Å². The molecule has 0 saturated heterocycles. The lowest BCUT2D eigenvalue weighted by Crippen LogP contribution is -2.36. The first-order chi connectivity index (χ1) is 15.6. The summed E-state index contributed by atoms with van der Waals surface area (Å²) >= 11 is 0. The molecule has 1 aromatic heterocycles. The van der Waals surface area contributed by atoms with E-state index in [1.54, 1.807) is 13.3 Å². The van der Waals surface area contributed by atoms with Gasteiger partial charge >= 0.3 is 0 Å². The minimum Gasteiger partial charge on any atom is -0.497 e. The summed E-state index contributed by atoms with van der Waals surface area (Å²) in [5.41, 5.74) is 8.32. The molecular weight excluding hydrogens is 417 g/mol. The van der Waals surface area contributed by atoms with Crippen LogP contribution in [0.5, 0.6) is 5.75 Å². The lowest BCUT2D eigenvalue weighted by molar-refractivity contribution is 0.412. The highest BCUT2D eigenvalue weighted by atomic mass is 31.2. The van der Waals surface area contributed by atoms with Crippen LogP contribution in [0.4, 0.5) is 0 Å². The standard InChI is InChI=1S/C26H26N3O2P/c1-31-21-12-10-11-20(19-21)26(25(27)24-17-8-9-18-28-24)29-32(30,22-13-4-2-5-14-22)23-15-6-3-7-16-23/h2-19,25-26H,27H2,1H3,(H,29,30). The molecular formula is C26H26N3O2P. The van der Waals surface area contributed by atoms with Gasteiger partial charge in [-0.05, 0) is 54.1 Å². The van der Waals surface area contributed by atoms with E-state index in [0.29, 0.717) is 22.1 Å². The number of benzene rings is 3. The maximum absolute atomic E-state index is 14.7. The minimum atomic E-state index is -3.24. The second kappa shape index (κ2) is 9.92. The number of nitrogens with two attached hydrogens (primary N) is 1. The Hall–Kier alpha value is -3.24. The zero-order chi connectivity index (χ0) is 22.4. The van der Waals surface area contributed by atoms with E-state index in [0.717, 1.165) is 5.56 Å². The van der Waals surface area contributed by atoms with E-state index in [1.807, 2.05) is 103 Å². The molecule has 4 aromatic rings. The van der Waals surface area contributed by atoms with E-state index in [1.165, 1.54) is 0 Å². The van der Waals surface area contributed by atoms with E-state index in [-0.39, 0.29) is 0 Å². The van der Waals surface area contributed by atoms with Crippen LogP contribution in [-0.4, -0.2) is 12.1 Å². The number of methoxy groups -OCH3 is 1. The molecule has 0 amide bonds. The molecule has 0 bridgehead atoms. The van der Waals surface area contributed by atoms with Gasteiger partial charge in [0.2, 0.25) is 7.29 Å². The molecule has 1 heterocycles. The van der Waals surface area contributed by atoms with Gasteiger partial charge in [-0.2, -0.15) is 0 Å². The summed E-state index contributed by atoms with van der Waals surface area (Å²) in [7, 11) is -1.62. The zero-order valence-electron chi connectivity index (χ0n) is 17.8. The fourth-order valence-electron chi connectivity index (χ4n) is 3.71. The molecule has 0 radical (unpaired) electrons. The third-order valence-corrected chi connectivity index (χ3v) is 8.09. The van der Waals surface area contributed by atoms with Gasteiger partial charge in [-0.1, -0.05) is 54.6 Å². The van der Waals surface area contributed by atoms with Crippen molar-refractivity contribution >= 4 is 17.9 Å². The summed E-state index contributed by atoms with van der Waals surface area (Å²) in [5, 5.41) is 4.89. The van der Waals surface area contributed by atoms with Gasteiger partial charge in [-0.25, -0.2) is 0 Å². The SMILES string of the molecule is COc1cccc(C(NP(=O)(c2ccccc2)c2ccccc2)C(N)c2ccccn2)c1. The first-order valence-corrected chi connectivity index (χ1v) is 12.1. The third-order valence-electron chi connectivity index (χ3n) is 5.40. The average molecular weight is 443 g/mol. The third kappa shape index (κ3) is 4.66. The number of ether oxygens (including phenoxy) is 1. The van der Waals surface area contributed by atoms with E-state index in [2.05, 4.69) is 10.1 Å². The van der Waals surface area contributed by atoms with Crippen molar-refractivity contribution in [3.05, 3.63) is 121 Å². The normalized spacial score (nSPS) is 13.3. The summed E-state index contributed by atoms with van der Waals surface area (Å²) in [6.07, 6.45) is 1.71. The maximum Gasteiger partial charge on any atom is 0.205 e. The van der Waals surface area contributed by atoms with Crippen LogP contribution in [0.15, 0.2) is 109 Å². The molecule has 4 rings (SSSR count). The summed E-state index contributed by atoms with van der Waals surface area (Å²) < 4.78 is 20.1. The monoisotopic (exact) mass is 443 g/mol. The van der Waals surface area contributed by atoms with Crippen LogP contribution in [0.1, 0.15) is 23.3 Å². The first kappa shape index (κ1) is 22.0. The Balaban J connectivity index is 1.85. The van der Waals surface area contributed by atoms with Gasteiger partial charge in [0.1, 0.15) is 5.75 Å². The van der Waals surface area contributed by atoms with Gasteiger partial charge in [0.25, 0.3) is 0 Å². The molecule has 0 aliphatic heterocycles. The molecule has 5 nitrogen and oxygen atoms in total. The van der Waals surface area contributed by atoms with Crippen LogP contribution in [0, 0.1) is 0 Å². The molecule has 3 aromatic carbocycles. The number of aromatic nitrogens is 1. The minimum absolute atomic E-state index is 0.480. The number of nitrogens with zero attached hydrogens (tertiary/aromatic N) is 1. The van der Waals surface area contributed by atoms with Crippen molar-refractivity contribution in [1.29, 1.82) is 0 Å². The van der Waals surface area contributed by atoms with Crippen molar-refractivity contribution in [2.45, 2.75) is 12.1 Å². The Bertz CT molecular complexity index is 1140. The lowest BCUT2D eigenvalue weighted by atomic mass is 9.98. The number of rotatable bonds is 8. The molecule has 2 unspecified atom stereocenters. The fourth-order valence-corrected chi connectivity index (χ4v) is 6.19. The molecule has 2 atom stereocenters. The summed E-state index contributed by atoms with van der Waals surface area (Å²) in [5.74, 6) is 0.705. The van der Waals surface area contributed by atoms with Crippen LogP contribution in [0.2, 0.25) is 0 Å². The predicted octanol–water partition coefficient (Wildman–Crippen LogP) is 4.35. The summed E-state index contributed by atoms with van der Waals surface area (Å²) in [6, 6.07) is 31.2. The number of hydrogen-bond acceptors (Lipinski definition) is 4. The van der Waals surface area contributed by atoms with Crippen LogP contribution >= 0.6 is 7.29 Å². The molecule has 0 aliphatic carbocycles. The molecule has 32 heavy (non-hydrogen) atoms. The highest BCUT2D eigenvalue weighted by Crippen LogP contribution is 2.44. The van der Waals surface area contributed by atoms with Gasteiger partial charge < -0.3 is 10.5 Å². The van der Waals surface area contributed by atoms with E-state index >= 15 is 0 Å². The largest absolute Gasteiger partial charge is 0.497 e. The average Bonchev–Trinajstić information content (AvgIpc) is 2.88. The zero-order valence-corrected chi connectivity index (χ0v) is 18.7. The van der Waals surface area contributed by atoms with Crippen molar-refractivity contribution in [2.75, 3.05) is 7.11 Å². The maximum atomic E-state index is 14.7. The molecule has 0 fully saturated rings. The smallest absolute Gasteiger partial charge is 0.205 e. The van der Waals surface area contributed by atoms with Crippen molar-refractivity contribution in [3.63, 3.8) is 0 Å². The Morgan fingerprint density at radius 2 is 1.47 bits per heavy atom.